The zero-order chi connectivity index (χ0) is 17.9. The van der Waals surface area contributed by atoms with Gasteiger partial charge in [0.05, 0.1) is 13.4 Å². The number of rotatable bonds is 5. The maximum atomic E-state index is 12.5. The molecule has 26 heavy (non-hydrogen) atoms. The fraction of sp³-hybridized carbons (Fsp3) is 0.100. The normalized spacial score (nSPS) is 10.8. The number of nitrogens with one attached hydrogen (secondary N) is 1. The van der Waals surface area contributed by atoms with Crippen molar-refractivity contribution in [2.75, 3.05) is 7.11 Å². The minimum absolute atomic E-state index is 0.230. The lowest BCUT2D eigenvalue weighted by molar-refractivity contribution is 0.0925. The quantitative estimate of drug-likeness (QED) is 0.589. The van der Waals surface area contributed by atoms with Gasteiger partial charge in [0.2, 0.25) is 0 Å². The van der Waals surface area contributed by atoms with Crippen LogP contribution in [0.5, 0.6) is 5.75 Å². The van der Waals surface area contributed by atoms with Crippen molar-refractivity contribution < 1.29 is 18.4 Å². The Hall–Kier alpha value is -3.54. The van der Waals surface area contributed by atoms with Crippen LogP contribution < -0.4 is 10.1 Å². The maximum Gasteiger partial charge on any atom is 0.287 e. The van der Waals surface area contributed by atoms with E-state index in [1.165, 1.54) is 0 Å². The van der Waals surface area contributed by atoms with Gasteiger partial charge in [0, 0.05) is 23.7 Å². The molecule has 0 spiro atoms. The molecule has 1 amide bonds. The van der Waals surface area contributed by atoms with Crippen molar-refractivity contribution in [1.82, 2.24) is 10.3 Å². The number of aromatic nitrogens is 1. The maximum absolute atomic E-state index is 12.5. The molecule has 0 unspecified atom stereocenters. The lowest BCUT2D eigenvalue weighted by Crippen LogP contribution is -2.22. The standard InChI is InChI=1S/C20H16N2O4/c1-24-16-7-2-5-13-11-17(26-19(13)16)20(23)22-12-14-6-3-9-21-18(14)15-8-4-10-25-15/h2-11H,12H2,1H3,(H,22,23). The Balaban J connectivity index is 1.55. The number of carbonyl (C=O) groups is 1. The second kappa shape index (κ2) is 6.76. The Kier molecular flexibility index (Phi) is 4.15. The SMILES string of the molecule is COc1cccc2cc(C(=O)NCc3cccnc3-c3ccco3)oc12. The molecular weight excluding hydrogens is 332 g/mol. The van der Waals surface area contributed by atoms with E-state index in [4.69, 9.17) is 13.6 Å². The molecule has 0 aliphatic heterocycles. The summed E-state index contributed by atoms with van der Waals surface area (Å²) in [5.41, 5.74) is 2.10. The van der Waals surface area contributed by atoms with Crippen molar-refractivity contribution in [3.05, 3.63) is 72.3 Å². The molecule has 6 nitrogen and oxygen atoms in total. The van der Waals surface area contributed by atoms with Crippen molar-refractivity contribution in [3.63, 3.8) is 0 Å². The largest absolute Gasteiger partial charge is 0.493 e. The summed E-state index contributed by atoms with van der Waals surface area (Å²) >= 11 is 0. The van der Waals surface area contributed by atoms with Gasteiger partial charge in [-0.15, -0.1) is 0 Å². The van der Waals surface area contributed by atoms with Crippen LogP contribution in [-0.2, 0) is 6.54 Å². The van der Waals surface area contributed by atoms with Crippen LogP contribution in [0, 0.1) is 0 Å². The fourth-order valence-corrected chi connectivity index (χ4v) is 2.79. The second-order valence-electron chi connectivity index (χ2n) is 5.66. The van der Waals surface area contributed by atoms with Gasteiger partial charge in [-0.1, -0.05) is 18.2 Å². The Morgan fingerprint density at radius 3 is 2.92 bits per heavy atom. The summed E-state index contributed by atoms with van der Waals surface area (Å²) in [6.07, 6.45) is 3.28. The van der Waals surface area contributed by atoms with E-state index < -0.39 is 0 Å². The van der Waals surface area contributed by atoms with Crippen LogP contribution in [0.2, 0.25) is 0 Å². The molecule has 0 fully saturated rings. The van der Waals surface area contributed by atoms with Crippen LogP contribution in [0.1, 0.15) is 16.1 Å². The van der Waals surface area contributed by atoms with Crippen LogP contribution in [0.3, 0.4) is 0 Å². The molecule has 1 N–H and O–H groups in total. The molecule has 0 radical (unpaired) electrons. The number of carbonyl (C=O) groups excluding carboxylic acids is 1. The fourth-order valence-electron chi connectivity index (χ4n) is 2.79. The van der Waals surface area contributed by atoms with Crippen LogP contribution >= 0.6 is 0 Å². The van der Waals surface area contributed by atoms with Gasteiger partial charge in [0.1, 0.15) is 5.69 Å². The molecular formula is C20H16N2O4. The molecule has 4 aromatic rings. The molecule has 0 bridgehead atoms. The Morgan fingerprint density at radius 2 is 2.12 bits per heavy atom. The van der Waals surface area contributed by atoms with Crippen LogP contribution in [0.15, 0.2) is 69.8 Å². The zero-order valence-corrected chi connectivity index (χ0v) is 14.1. The number of benzene rings is 1. The average molecular weight is 348 g/mol. The van der Waals surface area contributed by atoms with Gasteiger partial charge < -0.3 is 18.9 Å². The summed E-state index contributed by atoms with van der Waals surface area (Å²) in [6.45, 7) is 0.302. The summed E-state index contributed by atoms with van der Waals surface area (Å²) in [6, 6.07) is 14.6. The summed E-state index contributed by atoms with van der Waals surface area (Å²) in [4.78, 5) is 16.8. The molecule has 3 aromatic heterocycles. The van der Waals surface area contributed by atoms with E-state index in [1.807, 2.05) is 30.3 Å². The summed E-state index contributed by atoms with van der Waals surface area (Å²) in [5, 5.41) is 3.67. The molecule has 1 aromatic carbocycles. The molecule has 0 saturated heterocycles. The lowest BCUT2D eigenvalue weighted by Gasteiger charge is -2.07. The Labute approximate surface area is 149 Å². The van der Waals surface area contributed by atoms with Crippen LogP contribution in [0.25, 0.3) is 22.4 Å². The second-order valence-corrected chi connectivity index (χ2v) is 5.66. The third-order valence-corrected chi connectivity index (χ3v) is 4.04. The highest BCUT2D eigenvalue weighted by Gasteiger charge is 2.16. The van der Waals surface area contributed by atoms with Crippen LogP contribution in [-0.4, -0.2) is 18.0 Å². The van der Waals surface area contributed by atoms with Gasteiger partial charge in [-0.05, 0) is 30.3 Å². The molecule has 0 aliphatic carbocycles. The first-order valence-electron chi connectivity index (χ1n) is 8.09. The Morgan fingerprint density at radius 1 is 1.19 bits per heavy atom. The van der Waals surface area contributed by atoms with Gasteiger partial charge in [-0.3, -0.25) is 9.78 Å². The number of amides is 1. The number of para-hydroxylation sites is 1. The number of fused-ring (bicyclic) bond motifs is 1. The van der Waals surface area contributed by atoms with Crippen molar-refractivity contribution in [2.24, 2.45) is 0 Å². The van der Waals surface area contributed by atoms with E-state index in [2.05, 4.69) is 10.3 Å². The van der Waals surface area contributed by atoms with Gasteiger partial charge >= 0.3 is 0 Å². The molecule has 0 aliphatic rings. The average Bonchev–Trinajstić information content (AvgIpc) is 3.35. The molecule has 3 heterocycles. The number of ether oxygens (including phenoxy) is 1. The number of pyridine rings is 1. The zero-order valence-electron chi connectivity index (χ0n) is 14.1. The number of hydrogen-bond acceptors (Lipinski definition) is 5. The summed E-state index contributed by atoms with van der Waals surface area (Å²) in [5.74, 6) is 1.17. The number of furan rings is 2. The molecule has 0 atom stereocenters. The number of hydrogen-bond donors (Lipinski definition) is 1. The van der Waals surface area contributed by atoms with Crippen molar-refractivity contribution >= 4 is 16.9 Å². The molecule has 130 valence electrons. The Bertz CT molecular complexity index is 1050. The third-order valence-electron chi connectivity index (χ3n) is 4.04. The van der Waals surface area contributed by atoms with Gasteiger partial charge in [-0.2, -0.15) is 0 Å². The minimum atomic E-state index is -0.308. The monoisotopic (exact) mass is 348 g/mol. The van der Waals surface area contributed by atoms with E-state index >= 15 is 0 Å². The smallest absolute Gasteiger partial charge is 0.287 e. The van der Waals surface area contributed by atoms with Crippen LogP contribution in [0.4, 0.5) is 0 Å². The van der Waals surface area contributed by atoms with E-state index in [0.29, 0.717) is 29.3 Å². The molecule has 6 heteroatoms. The highest BCUT2D eigenvalue weighted by Crippen LogP contribution is 2.28. The van der Waals surface area contributed by atoms with Gasteiger partial charge in [-0.25, -0.2) is 0 Å². The first-order chi connectivity index (χ1) is 12.8. The first-order valence-corrected chi connectivity index (χ1v) is 8.09. The minimum Gasteiger partial charge on any atom is -0.493 e. The van der Waals surface area contributed by atoms with Gasteiger partial charge in [0.15, 0.2) is 22.9 Å². The topological polar surface area (TPSA) is 77.5 Å². The van der Waals surface area contributed by atoms with Crippen molar-refractivity contribution in [2.45, 2.75) is 6.54 Å². The lowest BCUT2D eigenvalue weighted by atomic mass is 10.1. The molecule has 4 rings (SSSR count). The third kappa shape index (κ3) is 2.93. The predicted molar refractivity (Wildman–Crippen MR) is 95.9 cm³/mol. The number of methoxy groups -OCH3 is 1. The first kappa shape index (κ1) is 16.0. The summed E-state index contributed by atoms with van der Waals surface area (Å²) in [7, 11) is 1.57. The van der Waals surface area contributed by atoms with E-state index in [0.717, 1.165) is 10.9 Å². The highest BCUT2D eigenvalue weighted by molar-refractivity contribution is 5.97. The van der Waals surface area contributed by atoms with E-state index in [-0.39, 0.29) is 11.7 Å². The van der Waals surface area contributed by atoms with Crippen molar-refractivity contribution in [1.29, 1.82) is 0 Å². The van der Waals surface area contributed by atoms with E-state index in [1.54, 1.807) is 37.8 Å². The van der Waals surface area contributed by atoms with Crippen molar-refractivity contribution in [3.8, 4) is 17.2 Å². The number of nitrogens with zero attached hydrogens (tertiary/aromatic N) is 1. The molecule has 0 saturated carbocycles. The highest BCUT2D eigenvalue weighted by atomic mass is 16.5. The summed E-state index contributed by atoms with van der Waals surface area (Å²) < 4.78 is 16.3. The van der Waals surface area contributed by atoms with Gasteiger partial charge in [0.25, 0.3) is 5.91 Å². The predicted octanol–water partition coefficient (Wildman–Crippen LogP) is 4.03. The van der Waals surface area contributed by atoms with E-state index in [9.17, 15) is 4.79 Å².